The van der Waals surface area contributed by atoms with Crippen molar-refractivity contribution in [1.82, 2.24) is 5.32 Å². The van der Waals surface area contributed by atoms with E-state index in [0.29, 0.717) is 5.41 Å². The summed E-state index contributed by atoms with van der Waals surface area (Å²) in [6.07, 6.45) is 13.0. The molecule has 3 unspecified atom stereocenters. The van der Waals surface area contributed by atoms with E-state index in [9.17, 15) is 0 Å². The summed E-state index contributed by atoms with van der Waals surface area (Å²) >= 11 is 0. The molecule has 1 nitrogen and oxygen atoms in total. The summed E-state index contributed by atoms with van der Waals surface area (Å²) in [6.45, 7) is 9.75. The van der Waals surface area contributed by atoms with Crippen molar-refractivity contribution in [2.45, 2.75) is 97.6 Å². The number of nitrogens with one attached hydrogen (secondary N) is 1. The highest BCUT2D eigenvalue weighted by molar-refractivity contribution is 4.90. The van der Waals surface area contributed by atoms with E-state index in [2.05, 4.69) is 33.0 Å². The molecule has 0 aromatic carbocycles. The Morgan fingerprint density at radius 2 is 1.42 bits per heavy atom. The summed E-state index contributed by atoms with van der Waals surface area (Å²) in [4.78, 5) is 0. The third-order valence-corrected chi connectivity index (χ3v) is 5.71. The van der Waals surface area contributed by atoms with Gasteiger partial charge in [-0.1, -0.05) is 52.9 Å². The van der Waals surface area contributed by atoms with Crippen molar-refractivity contribution in [2.75, 3.05) is 0 Å². The molecule has 0 spiro atoms. The Bertz CT molecular complexity index is 259. The van der Waals surface area contributed by atoms with Gasteiger partial charge in [0.2, 0.25) is 0 Å². The van der Waals surface area contributed by atoms with Gasteiger partial charge in [-0.05, 0) is 49.9 Å². The van der Waals surface area contributed by atoms with Gasteiger partial charge in [-0.2, -0.15) is 0 Å². The molecule has 2 aliphatic carbocycles. The minimum Gasteiger partial charge on any atom is -0.311 e. The van der Waals surface area contributed by atoms with E-state index in [1.54, 1.807) is 0 Å². The summed E-state index contributed by atoms with van der Waals surface area (Å²) in [5.41, 5.74) is 0.463. The molecule has 2 fully saturated rings. The summed E-state index contributed by atoms with van der Waals surface area (Å²) in [5, 5.41) is 4.05. The van der Waals surface area contributed by atoms with Crippen LogP contribution in [0.1, 0.15) is 85.5 Å². The average Bonchev–Trinajstić information content (AvgIpc) is 2.39. The van der Waals surface area contributed by atoms with Crippen LogP contribution < -0.4 is 5.32 Å². The zero-order chi connectivity index (χ0) is 13.9. The summed E-state index contributed by atoms with van der Waals surface area (Å²) in [7, 11) is 0. The van der Waals surface area contributed by atoms with Gasteiger partial charge in [-0.25, -0.2) is 0 Å². The molecule has 0 heterocycles. The molecule has 2 aliphatic rings. The zero-order valence-electron chi connectivity index (χ0n) is 13.7. The Morgan fingerprint density at radius 1 is 0.842 bits per heavy atom. The molecule has 0 radical (unpaired) electrons. The molecule has 2 rings (SSSR count). The molecule has 2 saturated carbocycles. The summed E-state index contributed by atoms with van der Waals surface area (Å²) < 4.78 is 0. The van der Waals surface area contributed by atoms with Gasteiger partial charge in [0.05, 0.1) is 0 Å². The van der Waals surface area contributed by atoms with E-state index in [-0.39, 0.29) is 0 Å². The SMILES string of the molecule is CC(NC1CCCCC1C(C)(C)C)C1CCCCC1. The normalized spacial score (nSPS) is 32.2. The van der Waals surface area contributed by atoms with Gasteiger partial charge in [-0.15, -0.1) is 0 Å². The van der Waals surface area contributed by atoms with Crippen molar-refractivity contribution >= 4 is 0 Å². The summed E-state index contributed by atoms with van der Waals surface area (Å²) in [6, 6.07) is 1.50. The van der Waals surface area contributed by atoms with Crippen LogP contribution in [-0.2, 0) is 0 Å². The fourth-order valence-corrected chi connectivity index (χ4v) is 4.47. The fourth-order valence-electron chi connectivity index (χ4n) is 4.47. The van der Waals surface area contributed by atoms with Gasteiger partial charge in [0.15, 0.2) is 0 Å². The number of hydrogen-bond acceptors (Lipinski definition) is 1. The minimum absolute atomic E-state index is 0.463. The smallest absolute Gasteiger partial charge is 0.0103 e. The lowest BCUT2D eigenvalue weighted by atomic mass is 9.69. The maximum absolute atomic E-state index is 4.05. The predicted octanol–water partition coefficient (Wildman–Crippen LogP) is 5.15. The molecule has 1 heteroatoms. The van der Waals surface area contributed by atoms with Gasteiger partial charge >= 0.3 is 0 Å². The Labute approximate surface area is 120 Å². The van der Waals surface area contributed by atoms with Crippen LogP contribution in [0.5, 0.6) is 0 Å². The van der Waals surface area contributed by atoms with E-state index < -0.39 is 0 Å². The molecule has 19 heavy (non-hydrogen) atoms. The van der Waals surface area contributed by atoms with Crippen LogP contribution in [0, 0.1) is 17.3 Å². The Kier molecular flexibility index (Phi) is 5.34. The van der Waals surface area contributed by atoms with Crippen LogP contribution in [-0.4, -0.2) is 12.1 Å². The molecule has 0 saturated heterocycles. The van der Waals surface area contributed by atoms with Crippen LogP contribution in [0.4, 0.5) is 0 Å². The van der Waals surface area contributed by atoms with E-state index in [4.69, 9.17) is 0 Å². The van der Waals surface area contributed by atoms with Crippen LogP contribution in [0.15, 0.2) is 0 Å². The first-order valence-electron chi connectivity index (χ1n) is 8.74. The van der Waals surface area contributed by atoms with Gasteiger partial charge in [0.1, 0.15) is 0 Å². The lowest BCUT2D eigenvalue weighted by molar-refractivity contribution is 0.113. The van der Waals surface area contributed by atoms with Crippen LogP contribution in [0.25, 0.3) is 0 Å². The van der Waals surface area contributed by atoms with E-state index in [1.165, 1.54) is 57.8 Å². The van der Waals surface area contributed by atoms with E-state index in [1.807, 2.05) is 0 Å². The number of hydrogen-bond donors (Lipinski definition) is 1. The van der Waals surface area contributed by atoms with Crippen LogP contribution in [0.2, 0.25) is 0 Å². The minimum atomic E-state index is 0.463. The van der Waals surface area contributed by atoms with Gasteiger partial charge in [0, 0.05) is 12.1 Å². The predicted molar refractivity (Wildman–Crippen MR) is 84.4 cm³/mol. The highest BCUT2D eigenvalue weighted by atomic mass is 15.0. The maximum Gasteiger partial charge on any atom is 0.0103 e. The van der Waals surface area contributed by atoms with E-state index >= 15 is 0 Å². The second-order valence-electron chi connectivity index (χ2n) is 8.22. The van der Waals surface area contributed by atoms with Crippen molar-refractivity contribution in [1.29, 1.82) is 0 Å². The first-order chi connectivity index (χ1) is 8.98. The molecular formula is C18H35N. The lowest BCUT2D eigenvalue weighted by Gasteiger charge is -2.43. The molecule has 0 aliphatic heterocycles. The van der Waals surface area contributed by atoms with Crippen molar-refractivity contribution in [3.63, 3.8) is 0 Å². The van der Waals surface area contributed by atoms with Crippen molar-refractivity contribution in [3.8, 4) is 0 Å². The van der Waals surface area contributed by atoms with Gasteiger partial charge in [0.25, 0.3) is 0 Å². The second kappa shape index (κ2) is 6.61. The highest BCUT2D eigenvalue weighted by Crippen LogP contribution is 2.38. The van der Waals surface area contributed by atoms with Crippen LogP contribution >= 0.6 is 0 Å². The maximum atomic E-state index is 4.05. The Hall–Kier alpha value is -0.0400. The third-order valence-electron chi connectivity index (χ3n) is 5.71. The highest BCUT2D eigenvalue weighted by Gasteiger charge is 2.35. The fraction of sp³-hybridized carbons (Fsp3) is 1.00. The van der Waals surface area contributed by atoms with Crippen LogP contribution in [0.3, 0.4) is 0 Å². The largest absolute Gasteiger partial charge is 0.311 e. The van der Waals surface area contributed by atoms with Crippen molar-refractivity contribution < 1.29 is 0 Å². The lowest BCUT2D eigenvalue weighted by Crippen LogP contribution is -2.49. The molecular weight excluding hydrogens is 230 g/mol. The first kappa shape index (κ1) is 15.4. The Balaban J connectivity index is 1.91. The second-order valence-corrected chi connectivity index (χ2v) is 8.22. The molecule has 0 aromatic heterocycles. The molecule has 3 atom stereocenters. The molecule has 0 amide bonds. The van der Waals surface area contributed by atoms with E-state index in [0.717, 1.165) is 23.9 Å². The first-order valence-corrected chi connectivity index (χ1v) is 8.74. The van der Waals surface area contributed by atoms with Gasteiger partial charge in [-0.3, -0.25) is 0 Å². The van der Waals surface area contributed by atoms with Gasteiger partial charge < -0.3 is 5.32 Å². The molecule has 0 aromatic rings. The van der Waals surface area contributed by atoms with Crippen molar-refractivity contribution in [2.24, 2.45) is 17.3 Å². The van der Waals surface area contributed by atoms with Crippen molar-refractivity contribution in [3.05, 3.63) is 0 Å². The molecule has 0 bridgehead atoms. The Morgan fingerprint density at radius 3 is 2.05 bits per heavy atom. The zero-order valence-corrected chi connectivity index (χ0v) is 13.7. The quantitative estimate of drug-likeness (QED) is 0.744. The third kappa shape index (κ3) is 4.21. The monoisotopic (exact) mass is 265 g/mol. The summed E-state index contributed by atoms with van der Waals surface area (Å²) in [5.74, 6) is 1.81. The number of rotatable bonds is 3. The molecule has 112 valence electrons. The topological polar surface area (TPSA) is 12.0 Å². The molecule has 1 N–H and O–H groups in total. The average molecular weight is 265 g/mol. The standard InChI is InChI=1S/C18H35N/c1-14(15-10-6-5-7-11-15)19-17-13-9-8-12-16(17)18(2,3)4/h14-17,19H,5-13H2,1-4H3.